The molecule has 108 valence electrons. The highest BCUT2D eigenvalue weighted by Gasteiger charge is 2.27. The second-order valence-corrected chi connectivity index (χ2v) is 6.24. The first-order valence-corrected chi connectivity index (χ1v) is 7.73. The zero-order chi connectivity index (χ0) is 14.6. The Morgan fingerprint density at radius 3 is 2.45 bits per heavy atom. The van der Waals surface area contributed by atoms with Crippen LogP contribution in [0.3, 0.4) is 0 Å². The average Bonchev–Trinajstić information content (AvgIpc) is 2.42. The fourth-order valence-corrected chi connectivity index (χ4v) is 2.96. The second kappa shape index (κ2) is 6.41. The molecular weight excluding hydrogens is 242 g/mol. The second-order valence-electron chi connectivity index (χ2n) is 6.24. The van der Waals surface area contributed by atoms with Gasteiger partial charge >= 0.3 is 0 Å². The predicted octanol–water partition coefficient (Wildman–Crippen LogP) is 4.87. The number of nitrogens with one attached hydrogen (secondary N) is 1. The average molecular weight is 269 g/mol. The zero-order valence-electron chi connectivity index (χ0n) is 13.2. The van der Waals surface area contributed by atoms with Crippen molar-refractivity contribution in [3.05, 3.63) is 59.2 Å². The van der Waals surface area contributed by atoms with Gasteiger partial charge in [-0.05, 0) is 39.2 Å². The van der Waals surface area contributed by atoms with Gasteiger partial charge in [0.25, 0.3) is 0 Å². The van der Waals surface area contributed by atoms with E-state index in [-0.39, 0.29) is 5.54 Å². The van der Waals surface area contributed by atoms with E-state index in [1.807, 2.05) is 0 Å². The van der Waals surface area contributed by atoms with Crippen molar-refractivity contribution in [2.45, 2.75) is 58.5 Å². The highest BCUT2D eigenvalue weighted by Crippen LogP contribution is 2.28. The summed E-state index contributed by atoms with van der Waals surface area (Å²) in [5, 5.41) is 3.86. The molecule has 1 heteroatoms. The highest BCUT2D eigenvalue weighted by molar-refractivity contribution is 5.29. The predicted molar refractivity (Wildman–Crippen MR) is 87.9 cm³/mol. The van der Waals surface area contributed by atoms with E-state index in [0.29, 0.717) is 6.04 Å². The van der Waals surface area contributed by atoms with Crippen molar-refractivity contribution in [1.29, 1.82) is 0 Å². The van der Waals surface area contributed by atoms with Gasteiger partial charge in [0.2, 0.25) is 0 Å². The molecule has 1 aliphatic rings. The molecule has 2 unspecified atom stereocenters. The van der Waals surface area contributed by atoms with Crippen molar-refractivity contribution >= 4 is 0 Å². The fraction of sp³-hybridized carbons (Fsp3) is 0.474. The lowest BCUT2D eigenvalue weighted by Gasteiger charge is -2.35. The van der Waals surface area contributed by atoms with Crippen molar-refractivity contribution in [2.24, 2.45) is 0 Å². The van der Waals surface area contributed by atoms with Crippen LogP contribution in [0.5, 0.6) is 0 Å². The highest BCUT2D eigenvalue weighted by atomic mass is 15.0. The van der Waals surface area contributed by atoms with E-state index in [9.17, 15) is 0 Å². The number of aryl methyl sites for hydroxylation is 1. The Kier molecular flexibility index (Phi) is 4.82. The lowest BCUT2D eigenvalue weighted by molar-refractivity contribution is 0.312. The van der Waals surface area contributed by atoms with Crippen LogP contribution in [-0.4, -0.2) is 6.04 Å². The minimum absolute atomic E-state index is 0.0521. The van der Waals surface area contributed by atoms with E-state index in [0.717, 1.165) is 12.8 Å². The van der Waals surface area contributed by atoms with Crippen LogP contribution in [0.15, 0.2) is 48.1 Å². The molecule has 0 aromatic heterocycles. The molecule has 2 rings (SSSR count). The van der Waals surface area contributed by atoms with Gasteiger partial charge in [0.1, 0.15) is 0 Å². The minimum atomic E-state index is 0.0521. The molecular formula is C19H27N. The quantitative estimate of drug-likeness (QED) is 0.803. The number of benzene rings is 1. The minimum Gasteiger partial charge on any atom is -0.301 e. The molecule has 0 amide bonds. The van der Waals surface area contributed by atoms with Crippen LogP contribution in [0, 0.1) is 6.92 Å². The Hall–Kier alpha value is -1.34. The van der Waals surface area contributed by atoms with E-state index in [1.165, 1.54) is 23.1 Å². The van der Waals surface area contributed by atoms with E-state index in [1.54, 1.807) is 0 Å². The normalized spacial score (nSPS) is 21.4. The largest absolute Gasteiger partial charge is 0.301 e. The summed E-state index contributed by atoms with van der Waals surface area (Å²) in [7, 11) is 0. The van der Waals surface area contributed by atoms with Gasteiger partial charge in [0, 0.05) is 11.6 Å². The van der Waals surface area contributed by atoms with Crippen LogP contribution in [0.4, 0.5) is 0 Å². The van der Waals surface area contributed by atoms with Crippen LogP contribution >= 0.6 is 0 Å². The topological polar surface area (TPSA) is 12.0 Å². The van der Waals surface area contributed by atoms with Crippen molar-refractivity contribution in [3.63, 3.8) is 0 Å². The van der Waals surface area contributed by atoms with Gasteiger partial charge in [0.15, 0.2) is 0 Å². The van der Waals surface area contributed by atoms with Crippen molar-refractivity contribution < 1.29 is 0 Å². The van der Waals surface area contributed by atoms with E-state index >= 15 is 0 Å². The molecule has 1 aromatic rings. The monoisotopic (exact) mass is 269 g/mol. The Morgan fingerprint density at radius 2 is 1.90 bits per heavy atom. The summed E-state index contributed by atoms with van der Waals surface area (Å²) in [6, 6.07) is 9.41. The Morgan fingerprint density at radius 1 is 1.20 bits per heavy atom. The third-order valence-corrected chi connectivity index (χ3v) is 4.23. The maximum absolute atomic E-state index is 3.86. The van der Waals surface area contributed by atoms with Crippen LogP contribution in [0.2, 0.25) is 0 Å². The number of hydrogen-bond acceptors (Lipinski definition) is 1. The maximum atomic E-state index is 3.86. The molecule has 0 heterocycles. The van der Waals surface area contributed by atoms with Crippen LogP contribution in [0.1, 0.15) is 51.2 Å². The zero-order valence-corrected chi connectivity index (χ0v) is 13.2. The van der Waals surface area contributed by atoms with Crippen molar-refractivity contribution in [3.8, 4) is 0 Å². The standard InChI is InChI=1S/C19H27N/c1-5-14-19(4,17-10-6-15(2)7-11-17)20-18-12-8-16(3)9-13-18/h6-12,18,20H,5,13-14H2,1-4H3. The summed E-state index contributed by atoms with van der Waals surface area (Å²) in [5.74, 6) is 0. The first-order valence-electron chi connectivity index (χ1n) is 7.73. The van der Waals surface area contributed by atoms with Gasteiger partial charge in [-0.1, -0.05) is 67.0 Å². The molecule has 20 heavy (non-hydrogen) atoms. The summed E-state index contributed by atoms with van der Waals surface area (Å²) in [5.41, 5.74) is 4.14. The lowest BCUT2D eigenvalue weighted by Crippen LogP contribution is -2.45. The number of rotatable bonds is 5. The van der Waals surface area contributed by atoms with Crippen LogP contribution in [-0.2, 0) is 5.54 Å². The molecule has 1 nitrogen and oxygen atoms in total. The Labute approximate surface area is 123 Å². The third-order valence-electron chi connectivity index (χ3n) is 4.23. The third kappa shape index (κ3) is 3.61. The van der Waals surface area contributed by atoms with Crippen molar-refractivity contribution in [1.82, 2.24) is 5.32 Å². The molecule has 0 spiro atoms. The van der Waals surface area contributed by atoms with Gasteiger partial charge in [-0.15, -0.1) is 0 Å². The molecule has 0 aliphatic heterocycles. The summed E-state index contributed by atoms with van der Waals surface area (Å²) < 4.78 is 0. The molecule has 0 fully saturated rings. The molecule has 0 saturated carbocycles. The Balaban J connectivity index is 2.17. The van der Waals surface area contributed by atoms with Gasteiger partial charge in [-0.25, -0.2) is 0 Å². The van der Waals surface area contributed by atoms with Gasteiger partial charge in [-0.3, -0.25) is 0 Å². The summed E-state index contributed by atoms with van der Waals surface area (Å²) in [6.07, 6.45) is 10.3. The van der Waals surface area contributed by atoms with E-state index in [2.05, 4.69) is 75.5 Å². The summed E-state index contributed by atoms with van der Waals surface area (Å²) in [4.78, 5) is 0. The lowest BCUT2D eigenvalue weighted by atomic mass is 9.85. The number of hydrogen-bond donors (Lipinski definition) is 1. The molecule has 1 aromatic carbocycles. The van der Waals surface area contributed by atoms with Crippen LogP contribution < -0.4 is 5.32 Å². The van der Waals surface area contributed by atoms with E-state index < -0.39 is 0 Å². The van der Waals surface area contributed by atoms with E-state index in [4.69, 9.17) is 0 Å². The fourth-order valence-electron chi connectivity index (χ4n) is 2.96. The summed E-state index contributed by atoms with van der Waals surface area (Å²) >= 11 is 0. The number of allylic oxidation sites excluding steroid dienone is 2. The van der Waals surface area contributed by atoms with Gasteiger partial charge in [-0.2, -0.15) is 0 Å². The maximum Gasteiger partial charge on any atom is 0.0410 e. The van der Waals surface area contributed by atoms with Gasteiger partial charge in [0.05, 0.1) is 0 Å². The molecule has 1 aliphatic carbocycles. The molecule has 0 saturated heterocycles. The first-order chi connectivity index (χ1) is 9.53. The SMILES string of the molecule is CCCC(C)(NC1C=CC(C)=CC1)c1ccc(C)cc1. The smallest absolute Gasteiger partial charge is 0.0410 e. The van der Waals surface area contributed by atoms with Crippen molar-refractivity contribution in [2.75, 3.05) is 0 Å². The first kappa shape index (κ1) is 15.1. The summed E-state index contributed by atoms with van der Waals surface area (Å²) in [6.45, 7) is 8.90. The molecule has 0 radical (unpaired) electrons. The Bertz CT molecular complexity index is 495. The van der Waals surface area contributed by atoms with Gasteiger partial charge < -0.3 is 5.32 Å². The molecule has 1 N–H and O–H groups in total. The molecule has 0 bridgehead atoms. The van der Waals surface area contributed by atoms with Crippen LogP contribution in [0.25, 0.3) is 0 Å². The molecule has 2 atom stereocenters.